The van der Waals surface area contributed by atoms with Crippen LogP contribution >= 0.6 is 23.4 Å². The number of phosphoric ester groups is 1. The van der Waals surface area contributed by atoms with Crippen LogP contribution in [0, 0.1) is 5.41 Å². The molecule has 6 N–H and O–H groups in total. The fourth-order valence-corrected chi connectivity index (χ4v) is 6.09. The Morgan fingerprint density at radius 3 is 2.42 bits per heavy atom. The van der Waals surface area contributed by atoms with E-state index in [1.807, 2.05) is 0 Å². The molecule has 2 heterocycles. The maximum atomic E-state index is 11.9. The molecule has 1 fully saturated rings. The van der Waals surface area contributed by atoms with Gasteiger partial charge in [0.2, 0.25) is 0 Å². The van der Waals surface area contributed by atoms with E-state index in [0.29, 0.717) is 4.57 Å². The number of hydrogen-bond donors (Lipinski definition) is 6. The number of aliphatic hydroxyl groups excluding tert-OH is 2. The second-order valence-corrected chi connectivity index (χ2v) is 12.4. The van der Waals surface area contributed by atoms with Gasteiger partial charge < -0.3 is 54.2 Å². The van der Waals surface area contributed by atoms with Gasteiger partial charge in [-0.15, -0.1) is 7.94 Å². The molecule has 0 amide bonds. The SMILES string of the molecule is CC(O)(P(=O)(O)OP(=O)(O)OC[C@H]1O[C@@H](n2ccc(=N)nc2[O-])[C@@H](O)[C@@H]1O)[P+]([O-])([O-])[O-]. The number of rotatable bonds is 8. The number of aromatic nitrogens is 2. The number of hydrogen-bond acceptors (Lipinski definition) is 14. The van der Waals surface area contributed by atoms with Gasteiger partial charge in [0.25, 0.3) is 5.08 Å². The summed E-state index contributed by atoms with van der Waals surface area (Å²) in [4.78, 5) is 55.0. The van der Waals surface area contributed by atoms with Crippen molar-refractivity contribution in [3.8, 4) is 6.01 Å². The molecule has 2 rings (SSSR count). The lowest BCUT2D eigenvalue weighted by Gasteiger charge is -2.51. The van der Waals surface area contributed by atoms with Gasteiger partial charge in [-0.05, 0) is 6.07 Å². The second-order valence-electron chi connectivity index (χ2n) is 6.38. The summed E-state index contributed by atoms with van der Waals surface area (Å²) in [5.41, 5.74) is -0.391. The van der Waals surface area contributed by atoms with Crippen molar-refractivity contribution in [3.63, 3.8) is 0 Å². The highest BCUT2D eigenvalue weighted by Crippen LogP contribution is 2.73. The maximum Gasteiger partial charge on any atom is 0.479 e. The van der Waals surface area contributed by atoms with E-state index in [1.165, 1.54) is 0 Å². The lowest BCUT2D eigenvalue weighted by atomic mass is 10.1. The second kappa shape index (κ2) is 8.82. The Hall–Kier alpha value is -0.870. The minimum Gasteiger partial charge on any atom is -0.846 e. The average molecular weight is 508 g/mol. The molecule has 31 heavy (non-hydrogen) atoms. The van der Waals surface area contributed by atoms with Gasteiger partial charge in [-0.25, -0.2) is 13.9 Å². The Kier molecular flexibility index (Phi) is 7.50. The zero-order chi connectivity index (χ0) is 24.0. The fraction of sp³-hybridized carbons (Fsp3) is 0.636. The smallest absolute Gasteiger partial charge is 0.479 e. The number of nitrogens with one attached hydrogen (secondary N) is 1. The van der Waals surface area contributed by atoms with Crippen LogP contribution in [0.1, 0.15) is 13.2 Å². The summed E-state index contributed by atoms with van der Waals surface area (Å²) in [7, 11) is -17.8. The van der Waals surface area contributed by atoms with E-state index in [4.69, 9.17) is 10.1 Å². The molecule has 0 aliphatic carbocycles. The predicted octanol–water partition coefficient (Wildman–Crippen LogP) is -5.12. The van der Waals surface area contributed by atoms with E-state index in [2.05, 4.69) is 13.8 Å². The summed E-state index contributed by atoms with van der Waals surface area (Å²) in [6, 6.07) is 0.0448. The van der Waals surface area contributed by atoms with Crippen molar-refractivity contribution in [1.29, 1.82) is 5.41 Å². The van der Waals surface area contributed by atoms with Crippen LogP contribution in [0.4, 0.5) is 0 Å². The highest BCUT2D eigenvalue weighted by Gasteiger charge is 2.55. The summed E-state index contributed by atoms with van der Waals surface area (Å²) in [5, 5.41) is 44.5. The van der Waals surface area contributed by atoms with Gasteiger partial charge in [0, 0.05) is 13.1 Å². The first kappa shape index (κ1) is 26.4. The minimum atomic E-state index is -6.20. The summed E-state index contributed by atoms with van der Waals surface area (Å²) >= 11 is 0. The predicted molar refractivity (Wildman–Crippen MR) is 87.7 cm³/mol. The standard InChI is InChI=1S/C11H20N3O14P3/c1-11(18,29(19,20)21)30(22,23)28-31(24,25)26-4-5-7(15)8(16)9(27-5)14-3-2-6(12)13-10(14)17/h2-3,5,7-9,15-16,18H,4H2,1H3,(H,22,23)(H,24,25)(H2,12,13,17)(H2,19,20,21)/p-3/t5-,7-,8+,9-,11?/m1/s1. The van der Waals surface area contributed by atoms with Gasteiger partial charge in [0.1, 0.15) is 23.8 Å². The molecule has 1 aromatic rings. The number of nitrogens with zero attached hydrogens (tertiary/aromatic N) is 2. The monoisotopic (exact) mass is 508 g/mol. The Bertz CT molecular complexity index is 963. The van der Waals surface area contributed by atoms with Crippen molar-refractivity contribution in [2.24, 2.45) is 0 Å². The van der Waals surface area contributed by atoms with Crippen LogP contribution in [0.5, 0.6) is 6.01 Å². The van der Waals surface area contributed by atoms with Crippen molar-refractivity contribution >= 4 is 23.4 Å². The highest BCUT2D eigenvalue weighted by molar-refractivity contribution is 7.76. The van der Waals surface area contributed by atoms with Crippen LogP contribution in [0.2, 0.25) is 0 Å². The van der Waals surface area contributed by atoms with Crippen molar-refractivity contribution < 1.29 is 67.6 Å². The third kappa shape index (κ3) is 5.55. The van der Waals surface area contributed by atoms with Crippen molar-refractivity contribution in [3.05, 3.63) is 17.8 Å². The van der Waals surface area contributed by atoms with Crippen LogP contribution < -0.4 is 25.3 Å². The van der Waals surface area contributed by atoms with Crippen LogP contribution in [-0.2, 0) is 22.7 Å². The summed E-state index contributed by atoms with van der Waals surface area (Å²) in [6.07, 6.45) is -5.74. The van der Waals surface area contributed by atoms with Gasteiger partial charge in [-0.1, -0.05) is 0 Å². The van der Waals surface area contributed by atoms with Crippen LogP contribution in [0.15, 0.2) is 12.3 Å². The van der Waals surface area contributed by atoms with Crippen LogP contribution in [-0.4, -0.2) is 64.7 Å². The highest BCUT2D eigenvalue weighted by atomic mass is 31.3. The molecule has 7 atom stereocenters. The molecule has 0 radical (unpaired) electrons. The summed E-state index contributed by atoms with van der Waals surface area (Å²) in [6.45, 7) is -1.02. The topological polar surface area (TPSA) is 297 Å². The third-order valence-electron chi connectivity index (χ3n) is 4.11. The van der Waals surface area contributed by atoms with Crippen molar-refractivity contribution in [2.45, 2.75) is 36.5 Å². The average Bonchev–Trinajstić information content (AvgIpc) is 2.86. The molecular weight excluding hydrogens is 491 g/mol. The molecule has 0 bridgehead atoms. The van der Waals surface area contributed by atoms with E-state index in [-0.39, 0.29) is 6.92 Å². The van der Waals surface area contributed by atoms with Crippen molar-refractivity contribution in [1.82, 2.24) is 9.55 Å². The molecule has 3 unspecified atom stereocenters. The molecular formula is C11H17N3O14P3-3. The molecule has 1 aromatic heterocycles. The van der Waals surface area contributed by atoms with E-state index >= 15 is 0 Å². The lowest BCUT2D eigenvalue weighted by Crippen LogP contribution is -2.48. The quantitative estimate of drug-likeness (QED) is 0.179. The maximum absolute atomic E-state index is 11.9. The summed E-state index contributed by atoms with van der Waals surface area (Å²) < 4.78 is 37.7. The molecule has 17 nitrogen and oxygen atoms in total. The van der Waals surface area contributed by atoms with E-state index in [1.54, 1.807) is 0 Å². The Morgan fingerprint density at radius 1 is 1.32 bits per heavy atom. The zero-order valence-corrected chi connectivity index (χ0v) is 18.0. The molecule has 1 aliphatic heterocycles. The molecule has 0 saturated carbocycles. The van der Waals surface area contributed by atoms with Gasteiger partial charge >= 0.3 is 15.4 Å². The third-order valence-corrected chi connectivity index (χ3v) is 9.90. The van der Waals surface area contributed by atoms with Crippen LogP contribution in [0.3, 0.4) is 0 Å². The molecule has 1 aliphatic rings. The molecule has 178 valence electrons. The molecule has 1 saturated heterocycles. The Balaban J connectivity index is 2.10. The first-order valence-electron chi connectivity index (χ1n) is 7.98. The van der Waals surface area contributed by atoms with E-state index < -0.39 is 71.1 Å². The minimum absolute atomic E-state index is 0.0766. The van der Waals surface area contributed by atoms with Gasteiger partial charge in [0.15, 0.2) is 6.23 Å². The number of aliphatic hydroxyl groups is 3. The fourth-order valence-electron chi connectivity index (χ4n) is 2.27. The van der Waals surface area contributed by atoms with Gasteiger partial charge in [-0.2, -0.15) is 0 Å². The number of ether oxygens (including phenoxy) is 1. The van der Waals surface area contributed by atoms with Crippen LogP contribution in [0.25, 0.3) is 0 Å². The van der Waals surface area contributed by atoms with Gasteiger partial charge in [0.05, 0.1) is 12.6 Å². The lowest BCUT2D eigenvalue weighted by molar-refractivity contribution is -0.438. The van der Waals surface area contributed by atoms with E-state index in [9.17, 15) is 54.0 Å². The Labute approximate surface area is 173 Å². The Morgan fingerprint density at radius 2 is 1.90 bits per heavy atom. The van der Waals surface area contributed by atoms with E-state index in [0.717, 1.165) is 12.3 Å². The van der Waals surface area contributed by atoms with Crippen molar-refractivity contribution in [2.75, 3.05) is 6.61 Å². The first-order valence-corrected chi connectivity index (χ1v) is 12.6. The molecule has 20 heteroatoms. The molecule has 0 spiro atoms. The zero-order valence-electron chi connectivity index (χ0n) is 15.3. The largest absolute Gasteiger partial charge is 0.846 e. The normalized spacial score (nSPS) is 30.4. The molecule has 0 aromatic carbocycles. The first-order chi connectivity index (χ1) is 13.9. The van der Waals surface area contributed by atoms with Gasteiger partial charge in [-0.3, -0.25) is 14.5 Å². The number of phosphoric acid groups is 1. The summed E-state index contributed by atoms with van der Waals surface area (Å²) in [5.74, 6) is 0.